The van der Waals surface area contributed by atoms with Gasteiger partial charge >= 0.3 is 0 Å². The average Bonchev–Trinajstić information content (AvgIpc) is 2.27. The van der Waals surface area contributed by atoms with Gasteiger partial charge in [0.05, 0.1) is 0 Å². The van der Waals surface area contributed by atoms with Gasteiger partial charge in [0.15, 0.2) is 0 Å². The molecule has 0 bridgehead atoms. The summed E-state index contributed by atoms with van der Waals surface area (Å²) < 4.78 is 5.29. The van der Waals surface area contributed by atoms with E-state index in [1.165, 1.54) is 25.4 Å². The fourth-order valence-corrected chi connectivity index (χ4v) is 3.72. The first-order chi connectivity index (χ1) is 7.61. The van der Waals surface area contributed by atoms with Gasteiger partial charge in [-0.25, -0.2) is 0 Å². The summed E-state index contributed by atoms with van der Waals surface area (Å²) in [7, 11) is 0. The standard InChI is InChI=1S/C12H6I4/c13-9-5-1-3-7(11(9)15)8-4-2-6-10(14)12(8)16/h1-6H. The highest BCUT2D eigenvalue weighted by atomic mass is 127. The van der Waals surface area contributed by atoms with E-state index < -0.39 is 0 Å². The van der Waals surface area contributed by atoms with Crippen LogP contribution in [0.5, 0.6) is 0 Å². The van der Waals surface area contributed by atoms with Crippen molar-refractivity contribution in [1.29, 1.82) is 0 Å². The molecule has 0 aliphatic carbocycles. The van der Waals surface area contributed by atoms with E-state index in [-0.39, 0.29) is 0 Å². The molecule has 82 valence electrons. The van der Waals surface area contributed by atoms with Crippen LogP contribution in [0.4, 0.5) is 0 Å². The van der Waals surface area contributed by atoms with Crippen LogP contribution in [0.2, 0.25) is 0 Å². The summed E-state index contributed by atoms with van der Waals surface area (Å²) in [4.78, 5) is 0. The predicted molar refractivity (Wildman–Crippen MR) is 103 cm³/mol. The maximum absolute atomic E-state index is 2.42. The third-order valence-corrected chi connectivity index (χ3v) is 8.38. The maximum Gasteiger partial charge on any atom is 0.0342 e. The molecule has 4 heteroatoms. The van der Waals surface area contributed by atoms with Crippen LogP contribution in [0.25, 0.3) is 11.1 Å². The Balaban J connectivity index is 2.68. The Kier molecular flexibility index (Phi) is 5.17. The molecule has 0 saturated carbocycles. The number of hydrogen-bond acceptors (Lipinski definition) is 0. The van der Waals surface area contributed by atoms with Crippen molar-refractivity contribution in [3.8, 4) is 11.1 Å². The molecule has 0 unspecified atom stereocenters. The van der Waals surface area contributed by atoms with Crippen LogP contribution in [0.3, 0.4) is 0 Å². The first kappa shape index (κ1) is 13.8. The quantitative estimate of drug-likeness (QED) is 0.342. The largest absolute Gasteiger partial charge is 0.0605 e. The van der Waals surface area contributed by atoms with Gasteiger partial charge in [-0.1, -0.05) is 24.3 Å². The molecule has 0 aliphatic heterocycles. The molecule has 0 N–H and O–H groups in total. The monoisotopic (exact) mass is 658 g/mol. The van der Waals surface area contributed by atoms with E-state index in [0.29, 0.717) is 0 Å². The van der Waals surface area contributed by atoms with Crippen LogP contribution in [0, 0.1) is 14.3 Å². The lowest BCUT2D eigenvalue weighted by Crippen LogP contribution is -1.91. The van der Waals surface area contributed by atoms with Crippen molar-refractivity contribution in [1.82, 2.24) is 0 Å². The molecule has 0 fully saturated rings. The molecule has 0 heterocycles. The zero-order valence-electron chi connectivity index (χ0n) is 7.98. The van der Waals surface area contributed by atoms with Crippen molar-refractivity contribution in [3.05, 3.63) is 50.7 Å². The number of benzene rings is 2. The Bertz CT molecular complexity index is 485. The zero-order valence-corrected chi connectivity index (χ0v) is 16.6. The molecule has 0 spiro atoms. The Labute approximate surface area is 150 Å². The Morgan fingerprint density at radius 1 is 0.562 bits per heavy atom. The van der Waals surface area contributed by atoms with E-state index in [9.17, 15) is 0 Å². The fourth-order valence-electron chi connectivity index (χ4n) is 1.42. The topological polar surface area (TPSA) is 0 Å². The molecule has 0 atom stereocenters. The molecule has 2 rings (SSSR count). The second-order valence-electron chi connectivity index (χ2n) is 3.20. The lowest BCUT2D eigenvalue weighted by atomic mass is 10.1. The van der Waals surface area contributed by atoms with Gasteiger partial charge in [-0.2, -0.15) is 0 Å². The second kappa shape index (κ2) is 6.00. The molecular formula is C12H6I4. The molecule has 0 nitrogen and oxygen atoms in total. The molecule has 0 aromatic heterocycles. The average molecular weight is 658 g/mol. The highest BCUT2D eigenvalue weighted by molar-refractivity contribution is 14.1. The van der Waals surface area contributed by atoms with E-state index in [1.807, 2.05) is 0 Å². The smallest absolute Gasteiger partial charge is 0.0342 e. The van der Waals surface area contributed by atoms with Gasteiger partial charge in [0.1, 0.15) is 0 Å². The molecule has 2 aromatic carbocycles. The summed E-state index contributed by atoms with van der Waals surface area (Å²) in [6, 6.07) is 12.9. The summed E-state index contributed by atoms with van der Waals surface area (Å²) in [5.74, 6) is 0. The SMILES string of the molecule is Ic1cccc(-c2cccc(I)c2I)c1I. The summed E-state index contributed by atoms with van der Waals surface area (Å²) in [5.41, 5.74) is 2.66. The van der Waals surface area contributed by atoms with Crippen molar-refractivity contribution in [2.75, 3.05) is 0 Å². The van der Waals surface area contributed by atoms with E-state index in [1.54, 1.807) is 0 Å². The van der Waals surface area contributed by atoms with Gasteiger partial charge in [-0.05, 0) is 114 Å². The van der Waals surface area contributed by atoms with Gasteiger partial charge in [-0.3, -0.25) is 0 Å². The highest BCUT2D eigenvalue weighted by Crippen LogP contribution is 2.33. The second-order valence-corrected chi connectivity index (χ2v) is 7.68. The maximum atomic E-state index is 2.42. The van der Waals surface area contributed by atoms with Crippen LogP contribution in [0.15, 0.2) is 36.4 Å². The minimum Gasteiger partial charge on any atom is -0.0605 e. The van der Waals surface area contributed by atoms with Gasteiger partial charge in [0.2, 0.25) is 0 Å². The molecule has 0 amide bonds. The number of rotatable bonds is 1. The van der Waals surface area contributed by atoms with Crippen molar-refractivity contribution in [2.24, 2.45) is 0 Å². The number of halogens is 4. The van der Waals surface area contributed by atoms with Crippen LogP contribution in [0.1, 0.15) is 0 Å². The minimum absolute atomic E-state index is 1.31. The summed E-state index contributed by atoms with van der Waals surface area (Å²) >= 11 is 9.62. The Hall–Kier alpha value is 1.36. The fraction of sp³-hybridized carbons (Fsp3) is 0. The normalized spacial score (nSPS) is 10.5. The zero-order chi connectivity index (χ0) is 11.7. The van der Waals surface area contributed by atoms with E-state index in [0.717, 1.165) is 0 Å². The third kappa shape index (κ3) is 2.85. The van der Waals surface area contributed by atoms with Gasteiger partial charge in [0, 0.05) is 14.3 Å². The lowest BCUT2D eigenvalue weighted by Gasteiger charge is -2.09. The summed E-state index contributed by atoms with van der Waals surface area (Å²) in [6.07, 6.45) is 0. The first-order valence-electron chi connectivity index (χ1n) is 4.49. The van der Waals surface area contributed by atoms with Crippen molar-refractivity contribution in [3.63, 3.8) is 0 Å². The summed E-state index contributed by atoms with van der Waals surface area (Å²) in [6.45, 7) is 0. The highest BCUT2D eigenvalue weighted by Gasteiger charge is 2.10. The van der Waals surface area contributed by atoms with E-state index in [2.05, 4.69) is 127 Å². The van der Waals surface area contributed by atoms with Crippen LogP contribution in [-0.2, 0) is 0 Å². The van der Waals surface area contributed by atoms with Gasteiger partial charge < -0.3 is 0 Å². The van der Waals surface area contributed by atoms with Gasteiger partial charge in [-0.15, -0.1) is 0 Å². The third-order valence-electron chi connectivity index (χ3n) is 2.19. The van der Waals surface area contributed by atoms with Gasteiger partial charge in [0.25, 0.3) is 0 Å². The lowest BCUT2D eigenvalue weighted by molar-refractivity contribution is 1.50. The first-order valence-corrected chi connectivity index (χ1v) is 8.81. The van der Waals surface area contributed by atoms with Crippen LogP contribution >= 0.6 is 90.4 Å². The molecule has 0 aliphatic rings. The Morgan fingerprint density at radius 3 is 1.31 bits per heavy atom. The van der Waals surface area contributed by atoms with Crippen molar-refractivity contribution >= 4 is 90.4 Å². The van der Waals surface area contributed by atoms with Crippen molar-refractivity contribution in [2.45, 2.75) is 0 Å². The molecule has 2 aromatic rings. The molecule has 16 heavy (non-hydrogen) atoms. The van der Waals surface area contributed by atoms with E-state index in [4.69, 9.17) is 0 Å². The minimum atomic E-state index is 1.31. The Morgan fingerprint density at radius 2 is 0.938 bits per heavy atom. The predicted octanol–water partition coefficient (Wildman–Crippen LogP) is 5.77. The molecular weight excluding hydrogens is 652 g/mol. The van der Waals surface area contributed by atoms with E-state index >= 15 is 0 Å². The summed E-state index contributed by atoms with van der Waals surface area (Å²) in [5, 5.41) is 0. The van der Waals surface area contributed by atoms with Crippen molar-refractivity contribution < 1.29 is 0 Å². The molecule has 0 saturated heterocycles. The molecule has 0 radical (unpaired) electrons. The van der Waals surface area contributed by atoms with Crippen LogP contribution in [-0.4, -0.2) is 0 Å². The number of hydrogen-bond donors (Lipinski definition) is 0. The van der Waals surface area contributed by atoms with Crippen LogP contribution < -0.4 is 0 Å².